The summed E-state index contributed by atoms with van der Waals surface area (Å²) in [5.74, 6) is 0.121. The molecule has 26 heavy (non-hydrogen) atoms. The van der Waals surface area contributed by atoms with Gasteiger partial charge in [-0.25, -0.2) is 0 Å². The van der Waals surface area contributed by atoms with Crippen LogP contribution in [0.2, 0.25) is 5.02 Å². The Bertz CT molecular complexity index is 789. The zero-order valence-corrected chi connectivity index (χ0v) is 15.6. The molecule has 1 saturated heterocycles. The van der Waals surface area contributed by atoms with Gasteiger partial charge >= 0.3 is 0 Å². The highest BCUT2D eigenvalue weighted by Gasteiger charge is 2.26. The first kappa shape index (κ1) is 18.6. The molecule has 0 bridgehead atoms. The standard InChI is InChI=1S/C21H23ClN2O2/c1-15(25)23-20-9-7-16(8-10-20)13-24-11-3-5-18(14-24)21(26)17-4-2-6-19(22)12-17/h2,4,6-10,12,18H,3,5,11,13-14H2,1H3,(H,23,25)/t18-/m1/s1. The number of hydrogen-bond acceptors (Lipinski definition) is 3. The Morgan fingerprint density at radius 2 is 1.96 bits per heavy atom. The van der Waals surface area contributed by atoms with Gasteiger partial charge in [-0.2, -0.15) is 0 Å². The van der Waals surface area contributed by atoms with Crippen LogP contribution in [0.25, 0.3) is 0 Å². The second-order valence-corrected chi connectivity index (χ2v) is 7.26. The van der Waals surface area contributed by atoms with Crippen molar-refractivity contribution in [1.82, 2.24) is 4.90 Å². The lowest BCUT2D eigenvalue weighted by molar-refractivity contribution is -0.114. The van der Waals surface area contributed by atoms with Gasteiger partial charge in [0.25, 0.3) is 0 Å². The van der Waals surface area contributed by atoms with Crippen molar-refractivity contribution in [2.45, 2.75) is 26.3 Å². The molecule has 5 heteroatoms. The van der Waals surface area contributed by atoms with Gasteiger partial charge in [-0.05, 0) is 49.2 Å². The van der Waals surface area contributed by atoms with Crippen LogP contribution in [0.1, 0.15) is 35.7 Å². The van der Waals surface area contributed by atoms with Crippen LogP contribution >= 0.6 is 11.6 Å². The van der Waals surface area contributed by atoms with Crippen molar-refractivity contribution in [3.63, 3.8) is 0 Å². The minimum Gasteiger partial charge on any atom is -0.326 e. The van der Waals surface area contributed by atoms with Gasteiger partial charge in [0.05, 0.1) is 0 Å². The lowest BCUT2D eigenvalue weighted by Gasteiger charge is -2.32. The fraction of sp³-hybridized carbons (Fsp3) is 0.333. The number of carbonyl (C=O) groups excluding carboxylic acids is 2. The number of ketones is 1. The molecule has 1 fully saturated rings. The Hall–Kier alpha value is -2.17. The minimum atomic E-state index is -0.0730. The van der Waals surface area contributed by atoms with Crippen molar-refractivity contribution < 1.29 is 9.59 Å². The third-order valence-electron chi connectivity index (χ3n) is 4.67. The van der Waals surface area contributed by atoms with E-state index in [0.29, 0.717) is 10.6 Å². The summed E-state index contributed by atoms with van der Waals surface area (Å²) in [6, 6.07) is 15.1. The maximum atomic E-state index is 12.8. The molecule has 1 aliphatic heterocycles. The zero-order chi connectivity index (χ0) is 18.5. The van der Waals surface area contributed by atoms with Gasteiger partial charge < -0.3 is 5.32 Å². The molecule has 0 aliphatic carbocycles. The lowest BCUT2D eigenvalue weighted by Crippen LogP contribution is -2.38. The Balaban J connectivity index is 1.61. The van der Waals surface area contributed by atoms with E-state index in [-0.39, 0.29) is 17.6 Å². The molecular formula is C21H23ClN2O2. The fourth-order valence-corrected chi connectivity index (χ4v) is 3.64. The Morgan fingerprint density at radius 3 is 2.65 bits per heavy atom. The number of amides is 1. The van der Waals surface area contributed by atoms with E-state index < -0.39 is 0 Å². The molecule has 0 spiro atoms. The Labute approximate surface area is 159 Å². The molecule has 0 saturated carbocycles. The molecule has 1 N–H and O–H groups in total. The summed E-state index contributed by atoms with van der Waals surface area (Å²) >= 11 is 6.02. The fourth-order valence-electron chi connectivity index (χ4n) is 3.45. The van der Waals surface area contributed by atoms with Crippen molar-refractivity contribution >= 4 is 29.0 Å². The number of piperidine rings is 1. The summed E-state index contributed by atoms with van der Waals surface area (Å²) in [6.45, 7) is 4.06. The number of halogens is 1. The maximum Gasteiger partial charge on any atom is 0.221 e. The summed E-state index contributed by atoms with van der Waals surface area (Å²) in [6.07, 6.45) is 1.93. The number of anilines is 1. The molecule has 1 amide bonds. The molecule has 0 unspecified atom stereocenters. The van der Waals surface area contributed by atoms with Crippen LogP contribution < -0.4 is 5.32 Å². The third-order valence-corrected chi connectivity index (χ3v) is 4.90. The first-order valence-corrected chi connectivity index (χ1v) is 9.28. The number of rotatable bonds is 5. The van der Waals surface area contributed by atoms with Gasteiger partial charge in [-0.1, -0.05) is 35.9 Å². The van der Waals surface area contributed by atoms with Crippen molar-refractivity contribution in [3.05, 3.63) is 64.7 Å². The molecule has 0 aromatic heterocycles. The van der Waals surface area contributed by atoms with Crippen LogP contribution in [-0.4, -0.2) is 29.7 Å². The topological polar surface area (TPSA) is 49.4 Å². The zero-order valence-electron chi connectivity index (χ0n) is 14.9. The first-order valence-electron chi connectivity index (χ1n) is 8.90. The predicted octanol–water partition coefficient (Wildman–Crippen LogP) is 4.39. The van der Waals surface area contributed by atoms with Crippen LogP contribution in [0.4, 0.5) is 5.69 Å². The number of likely N-dealkylation sites (tertiary alicyclic amines) is 1. The van der Waals surface area contributed by atoms with E-state index in [2.05, 4.69) is 10.2 Å². The van der Waals surface area contributed by atoms with Crippen LogP contribution in [-0.2, 0) is 11.3 Å². The molecule has 1 aliphatic rings. The highest BCUT2D eigenvalue weighted by Crippen LogP contribution is 2.24. The predicted molar refractivity (Wildman–Crippen MR) is 105 cm³/mol. The van der Waals surface area contributed by atoms with Gasteiger partial charge in [0.2, 0.25) is 5.91 Å². The Kier molecular flexibility index (Phi) is 6.07. The summed E-state index contributed by atoms with van der Waals surface area (Å²) < 4.78 is 0. The number of nitrogens with zero attached hydrogens (tertiary/aromatic N) is 1. The summed E-state index contributed by atoms with van der Waals surface area (Å²) in [4.78, 5) is 26.2. The van der Waals surface area contributed by atoms with Gasteiger partial charge in [-0.15, -0.1) is 0 Å². The van der Waals surface area contributed by atoms with Crippen molar-refractivity contribution in [2.24, 2.45) is 5.92 Å². The number of carbonyl (C=O) groups is 2. The quantitative estimate of drug-likeness (QED) is 0.794. The van der Waals surface area contributed by atoms with Crippen LogP contribution in [0.15, 0.2) is 48.5 Å². The number of nitrogens with one attached hydrogen (secondary N) is 1. The Morgan fingerprint density at radius 1 is 1.19 bits per heavy atom. The largest absolute Gasteiger partial charge is 0.326 e. The third kappa shape index (κ3) is 4.93. The van der Waals surface area contributed by atoms with Crippen molar-refractivity contribution in [2.75, 3.05) is 18.4 Å². The molecule has 2 aromatic carbocycles. The smallest absolute Gasteiger partial charge is 0.221 e. The molecule has 0 radical (unpaired) electrons. The van der Waals surface area contributed by atoms with Gasteiger partial charge in [0.1, 0.15) is 0 Å². The molecule has 136 valence electrons. The molecule has 4 nitrogen and oxygen atoms in total. The van der Waals surface area contributed by atoms with E-state index in [9.17, 15) is 9.59 Å². The van der Waals surface area contributed by atoms with Crippen molar-refractivity contribution in [1.29, 1.82) is 0 Å². The van der Waals surface area contributed by atoms with Gasteiger partial charge in [-0.3, -0.25) is 14.5 Å². The summed E-state index contributed by atoms with van der Waals surface area (Å²) in [7, 11) is 0. The normalized spacial score (nSPS) is 17.7. The second kappa shape index (κ2) is 8.47. The number of Topliss-reactive ketones (excluding diaryl/α,β-unsaturated/α-hetero) is 1. The number of benzene rings is 2. The van der Waals surface area contributed by atoms with E-state index in [1.54, 1.807) is 12.1 Å². The first-order chi connectivity index (χ1) is 12.5. The van der Waals surface area contributed by atoms with E-state index in [1.165, 1.54) is 12.5 Å². The highest BCUT2D eigenvalue weighted by atomic mass is 35.5. The SMILES string of the molecule is CC(=O)Nc1ccc(CN2CCC[C@@H](C(=O)c3cccc(Cl)c3)C2)cc1. The molecular weight excluding hydrogens is 348 g/mol. The minimum absolute atomic E-state index is 0.0147. The van der Waals surface area contributed by atoms with E-state index in [0.717, 1.165) is 38.2 Å². The molecule has 1 atom stereocenters. The molecule has 3 rings (SSSR count). The van der Waals surface area contributed by atoms with Gasteiger partial charge in [0, 0.05) is 42.2 Å². The number of hydrogen-bond donors (Lipinski definition) is 1. The monoisotopic (exact) mass is 370 g/mol. The lowest BCUT2D eigenvalue weighted by atomic mass is 9.90. The molecule has 1 heterocycles. The van der Waals surface area contributed by atoms with E-state index >= 15 is 0 Å². The van der Waals surface area contributed by atoms with Crippen molar-refractivity contribution in [3.8, 4) is 0 Å². The van der Waals surface area contributed by atoms with Gasteiger partial charge in [0.15, 0.2) is 5.78 Å². The highest BCUT2D eigenvalue weighted by molar-refractivity contribution is 6.31. The van der Waals surface area contributed by atoms with Crippen LogP contribution in [0.3, 0.4) is 0 Å². The van der Waals surface area contributed by atoms with Crippen LogP contribution in [0.5, 0.6) is 0 Å². The van der Waals surface area contributed by atoms with E-state index in [4.69, 9.17) is 11.6 Å². The van der Waals surface area contributed by atoms with Crippen LogP contribution in [0, 0.1) is 5.92 Å². The maximum absolute atomic E-state index is 12.8. The summed E-state index contributed by atoms with van der Waals surface area (Å²) in [5.41, 5.74) is 2.67. The summed E-state index contributed by atoms with van der Waals surface area (Å²) in [5, 5.41) is 3.37. The molecule has 2 aromatic rings. The van der Waals surface area contributed by atoms with E-state index in [1.807, 2.05) is 36.4 Å². The average molecular weight is 371 g/mol. The second-order valence-electron chi connectivity index (χ2n) is 6.83. The average Bonchev–Trinajstić information content (AvgIpc) is 2.62.